The van der Waals surface area contributed by atoms with Crippen LogP contribution in [0.1, 0.15) is 21.7 Å². The minimum Gasteiger partial charge on any atom is -0.478 e. The molecule has 0 amide bonds. The fourth-order valence-corrected chi connectivity index (χ4v) is 1.57. The summed E-state index contributed by atoms with van der Waals surface area (Å²) in [6.45, 7) is 1.77. The van der Waals surface area contributed by atoms with Gasteiger partial charge in [0.1, 0.15) is 5.82 Å². The number of nitrogens with one attached hydrogen (secondary N) is 1. The van der Waals surface area contributed by atoms with Crippen LogP contribution < -0.4 is 0 Å². The number of aromatic nitrogens is 3. The third-order valence-corrected chi connectivity index (χ3v) is 2.56. The van der Waals surface area contributed by atoms with Gasteiger partial charge < -0.3 is 5.11 Å². The van der Waals surface area contributed by atoms with E-state index < -0.39 is 5.97 Å². The highest BCUT2D eigenvalue weighted by molar-refractivity contribution is 7.71. The molecule has 2 rings (SSSR count). The summed E-state index contributed by atoms with van der Waals surface area (Å²) in [5.41, 5.74) is 1.02. The summed E-state index contributed by atoms with van der Waals surface area (Å²) >= 11 is 5.00. The first-order valence-electron chi connectivity index (χ1n) is 5.09. The summed E-state index contributed by atoms with van der Waals surface area (Å²) in [6, 6.07) is 6.38. The smallest absolute Gasteiger partial charge is 0.335 e. The quantitative estimate of drug-likeness (QED) is 0.653. The number of hydrogen-bond acceptors (Lipinski definition) is 4. The molecule has 0 unspecified atom stereocenters. The third kappa shape index (κ3) is 2.51. The van der Waals surface area contributed by atoms with E-state index in [1.807, 2.05) is 0 Å². The number of aromatic amines is 1. The van der Waals surface area contributed by atoms with Crippen molar-refractivity contribution in [2.45, 2.75) is 6.92 Å². The van der Waals surface area contributed by atoms with Gasteiger partial charge in [-0.15, -0.1) is 0 Å². The summed E-state index contributed by atoms with van der Waals surface area (Å²) < 4.78 is 1.89. The number of carboxylic acids is 1. The molecule has 1 aromatic carbocycles. The van der Waals surface area contributed by atoms with Gasteiger partial charge in [-0.05, 0) is 36.8 Å². The first-order chi connectivity index (χ1) is 8.58. The molecule has 0 aliphatic heterocycles. The second kappa shape index (κ2) is 4.92. The van der Waals surface area contributed by atoms with E-state index in [-0.39, 0.29) is 5.56 Å². The van der Waals surface area contributed by atoms with Gasteiger partial charge in [0, 0.05) is 0 Å². The fraction of sp³-hybridized carbons (Fsp3) is 0.0909. The highest BCUT2D eigenvalue weighted by atomic mass is 32.1. The Morgan fingerprint density at radius 2 is 2.17 bits per heavy atom. The number of benzene rings is 1. The molecule has 0 bridgehead atoms. The zero-order valence-electron chi connectivity index (χ0n) is 9.49. The second-order valence-corrected chi connectivity index (χ2v) is 3.95. The zero-order chi connectivity index (χ0) is 13.1. The second-order valence-electron chi connectivity index (χ2n) is 3.56. The summed E-state index contributed by atoms with van der Waals surface area (Å²) in [7, 11) is 0. The molecule has 0 saturated carbocycles. The first kappa shape index (κ1) is 12.2. The van der Waals surface area contributed by atoms with Crippen molar-refractivity contribution >= 4 is 24.4 Å². The van der Waals surface area contributed by atoms with Gasteiger partial charge in [0.2, 0.25) is 4.77 Å². The van der Waals surface area contributed by atoms with Gasteiger partial charge in [0.25, 0.3) is 0 Å². The van der Waals surface area contributed by atoms with Gasteiger partial charge in [-0.3, -0.25) is 5.10 Å². The molecule has 2 N–H and O–H groups in total. The van der Waals surface area contributed by atoms with Crippen LogP contribution in [0, 0.1) is 11.7 Å². The molecule has 6 nitrogen and oxygen atoms in total. The molecule has 1 heterocycles. The average molecular weight is 262 g/mol. The van der Waals surface area contributed by atoms with Crippen molar-refractivity contribution < 1.29 is 9.90 Å². The molecule has 2 aromatic rings. The van der Waals surface area contributed by atoms with Crippen LogP contribution in [0.25, 0.3) is 0 Å². The molecule has 0 aliphatic carbocycles. The van der Waals surface area contributed by atoms with Crippen molar-refractivity contribution in [3.63, 3.8) is 0 Å². The first-order valence-corrected chi connectivity index (χ1v) is 5.50. The van der Waals surface area contributed by atoms with Gasteiger partial charge in [0.05, 0.1) is 11.8 Å². The highest BCUT2D eigenvalue weighted by Crippen LogP contribution is 2.03. The Bertz CT molecular complexity index is 654. The van der Waals surface area contributed by atoms with E-state index in [9.17, 15) is 4.79 Å². The van der Waals surface area contributed by atoms with Gasteiger partial charge >= 0.3 is 5.97 Å². The van der Waals surface area contributed by atoms with Crippen molar-refractivity contribution in [2.24, 2.45) is 5.10 Å². The maximum atomic E-state index is 10.7. The van der Waals surface area contributed by atoms with Gasteiger partial charge in [-0.2, -0.15) is 14.9 Å². The Hall–Kier alpha value is -2.28. The van der Waals surface area contributed by atoms with Crippen LogP contribution in [0.2, 0.25) is 0 Å². The predicted molar refractivity (Wildman–Crippen MR) is 68.5 cm³/mol. The van der Waals surface area contributed by atoms with E-state index in [2.05, 4.69) is 15.3 Å². The molecule has 0 fully saturated rings. The Labute approximate surface area is 108 Å². The third-order valence-electron chi connectivity index (χ3n) is 2.29. The molecule has 0 atom stereocenters. The number of aromatic carboxylic acids is 1. The van der Waals surface area contributed by atoms with E-state index in [4.69, 9.17) is 17.3 Å². The van der Waals surface area contributed by atoms with Crippen LogP contribution in [0.4, 0.5) is 0 Å². The predicted octanol–water partition coefficient (Wildman–Crippen LogP) is 1.83. The monoisotopic (exact) mass is 262 g/mol. The largest absolute Gasteiger partial charge is 0.478 e. The Morgan fingerprint density at radius 3 is 2.67 bits per heavy atom. The summed E-state index contributed by atoms with van der Waals surface area (Å²) in [5, 5.41) is 19.5. The zero-order valence-corrected chi connectivity index (χ0v) is 10.3. The lowest BCUT2D eigenvalue weighted by atomic mass is 10.1. The fourth-order valence-electron chi connectivity index (χ4n) is 1.34. The van der Waals surface area contributed by atoms with Crippen LogP contribution in [0.15, 0.2) is 29.4 Å². The average Bonchev–Trinajstić information content (AvgIpc) is 2.67. The van der Waals surface area contributed by atoms with E-state index in [1.165, 1.54) is 16.8 Å². The summed E-state index contributed by atoms with van der Waals surface area (Å²) in [6.07, 6.45) is 1.59. The van der Waals surface area contributed by atoms with E-state index >= 15 is 0 Å². The highest BCUT2D eigenvalue weighted by Gasteiger charge is 2.01. The molecular weight excluding hydrogens is 252 g/mol. The van der Waals surface area contributed by atoms with E-state index in [0.29, 0.717) is 10.6 Å². The van der Waals surface area contributed by atoms with Crippen molar-refractivity contribution in [1.29, 1.82) is 0 Å². The molecule has 92 valence electrons. The van der Waals surface area contributed by atoms with Crippen molar-refractivity contribution in [3.05, 3.63) is 46.0 Å². The molecule has 1 aromatic heterocycles. The van der Waals surface area contributed by atoms with Crippen molar-refractivity contribution in [1.82, 2.24) is 14.9 Å². The van der Waals surface area contributed by atoms with E-state index in [1.54, 1.807) is 25.3 Å². The number of carbonyl (C=O) groups is 1. The molecule has 7 heteroatoms. The van der Waals surface area contributed by atoms with Crippen LogP contribution in [-0.2, 0) is 0 Å². The minimum absolute atomic E-state index is 0.239. The number of H-pyrrole nitrogens is 1. The van der Waals surface area contributed by atoms with Gasteiger partial charge in [-0.1, -0.05) is 12.1 Å². The lowest BCUT2D eigenvalue weighted by Crippen LogP contribution is -1.97. The number of hydrogen-bond donors (Lipinski definition) is 2. The Morgan fingerprint density at radius 1 is 1.50 bits per heavy atom. The molecule has 0 radical (unpaired) electrons. The molecule has 0 aliphatic rings. The summed E-state index contributed by atoms with van der Waals surface area (Å²) in [5.74, 6) is -0.301. The lowest BCUT2D eigenvalue weighted by molar-refractivity contribution is 0.0697. The van der Waals surface area contributed by atoms with Crippen LogP contribution >= 0.6 is 12.2 Å². The molecule has 18 heavy (non-hydrogen) atoms. The SMILES string of the molecule is Cc1n[nH]c(=S)n1N=Cc1ccc(C(=O)O)cc1. The van der Waals surface area contributed by atoms with E-state index in [0.717, 1.165) is 5.56 Å². The maximum absolute atomic E-state index is 10.7. The summed E-state index contributed by atoms with van der Waals surface area (Å²) in [4.78, 5) is 10.7. The topological polar surface area (TPSA) is 83.3 Å². The minimum atomic E-state index is -0.952. The van der Waals surface area contributed by atoms with Gasteiger partial charge in [0.15, 0.2) is 0 Å². The Balaban J connectivity index is 2.24. The lowest BCUT2D eigenvalue weighted by Gasteiger charge is -1.96. The standard InChI is InChI=1S/C11H10N4O2S/c1-7-13-14-11(18)15(7)12-6-8-2-4-9(5-3-8)10(16)17/h2-6H,1H3,(H,14,18)(H,16,17). The number of carboxylic acid groups (broad SMARTS) is 1. The number of nitrogens with zero attached hydrogens (tertiary/aromatic N) is 3. The van der Waals surface area contributed by atoms with Gasteiger partial charge in [-0.25, -0.2) is 4.79 Å². The normalized spacial score (nSPS) is 10.9. The van der Waals surface area contributed by atoms with Crippen LogP contribution in [0.3, 0.4) is 0 Å². The van der Waals surface area contributed by atoms with Crippen molar-refractivity contribution in [3.8, 4) is 0 Å². The Kier molecular flexibility index (Phi) is 3.33. The molecule has 0 spiro atoms. The molecular formula is C11H10N4O2S. The maximum Gasteiger partial charge on any atom is 0.335 e. The van der Waals surface area contributed by atoms with Crippen molar-refractivity contribution in [2.75, 3.05) is 0 Å². The van der Waals surface area contributed by atoms with Crippen LogP contribution in [-0.4, -0.2) is 32.2 Å². The molecule has 0 saturated heterocycles. The number of rotatable bonds is 3. The van der Waals surface area contributed by atoms with Crippen LogP contribution in [0.5, 0.6) is 0 Å². The number of aryl methyl sites for hydroxylation is 1.